The van der Waals surface area contributed by atoms with Gasteiger partial charge in [-0.25, -0.2) is 4.79 Å². The number of rotatable bonds is 6. The van der Waals surface area contributed by atoms with E-state index in [1.165, 1.54) is 0 Å². The molecular formula is C16H23N5O2. The fourth-order valence-corrected chi connectivity index (χ4v) is 2.27. The van der Waals surface area contributed by atoms with Crippen molar-refractivity contribution in [3.63, 3.8) is 0 Å². The summed E-state index contributed by atoms with van der Waals surface area (Å²) in [5.74, 6) is 0.0314. The number of nitrogens with zero attached hydrogens (tertiary/aromatic N) is 3. The molecule has 0 aliphatic heterocycles. The van der Waals surface area contributed by atoms with Crippen LogP contribution in [0.3, 0.4) is 0 Å². The minimum absolute atomic E-state index is 0.0183. The van der Waals surface area contributed by atoms with E-state index < -0.39 is 5.69 Å². The highest BCUT2D eigenvalue weighted by Crippen LogP contribution is 2.06. The Hall–Kier alpha value is -2.44. The molecule has 2 heterocycles. The number of H-pyrrole nitrogens is 1. The summed E-state index contributed by atoms with van der Waals surface area (Å²) in [7, 11) is 0. The summed E-state index contributed by atoms with van der Waals surface area (Å²) in [4.78, 5) is 30.2. The molecular weight excluding hydrogens is 294 g/mol. The lowest BCUT2D eigenvalue weighted by atomic mass is 10.1. The average Bonchev–Trinajstić information content (AvgIpc) is 2.89. The summed E-state index contributed by atoms with van der Waals surface area (Å²) in [5.41, 5.74) is 1.44. The molecule has 0 bridgehead atoms. The minimum Gasteiger partial charge on any atom is -0.349 e. The molecule has 1 unspecified atom stereocenters. The van der Waals surface area contributed by atoms with Crippen LogP contribution in [0.25, 0.3) is 0 Å². The van der Waals surface area contributed by atoms with Crippen molar-refractivity contribution in [2.45, 2.75) is 40.2 Å². The van der Waals surface area contributed by atoms with Gasteiger partial charge in [0, 0.05) is 18.4 Å². The highest BCUT2D eigenvalue weighted by Gasteiger charge is 2.13. The Morgan fingerprint density at radius 1 is 1.39 bits per heavy atom. The zero-order valence-electron chi connectivity index (χ0n) is 14.0. The summed E-state index contributed by atoms with van der Waals surface area (Å²) in [6.45, 7) is 8.43. The third-order valence-electron chi connectivity index (χ3n) is 3.40. The molecule has 0 aliphatic carbocycles. The Labute approximate surface area is 135 Å². The van der Waals surface area contributed by atoms with Crippen molar-refractivity contribution in [3.8, 4) is 0 Å². The molecule has 0 fully saturated rings. The van der Waals surface area contributed by atoms with Crippen LogP contribution in [-0.4, -0.2) is 32.2 Å². The van der Waals surface area contributed by atoms with Crippen LogP contribution >= 0.6 is 0 Å². The standard InChI is InChI=1S/C16H23N5O2/c1-10(2)5-13-6-14(20-16(23)19-13)15(22)17-8-12(4)21-9-11(3)7-18-21/h6-7,9-10,12H,5,8H2,1-4H3,(H,17,22)(H,19,20,23). The van der Waals surface area contributed by atoms with E-state index in [0.29, 0.717) is 18.9 Å². The first kappa shape index (κ1) is 16.9. The van der Waals surface area contributed by atoms with Gasteiger partial charge in [0.15, 0.2) is 0 Å². The number of amides is 1. The molecule has 7 nitrogen and oxygen atoms in total. The smallest absolute Gasteiger partial charge is 0.345 e. The second-order valence-corrected chi connectivity index (χ2v) is 6.25. The maximum atomic E-state index is 12.2. The fourth-order valence-electron chi connectivity index (χ4n) is 2.27. The largest absolute Gasteiger partial charge is 0.349 e. The van der Waals surface area contributed by atoms with Crippen molar-refractivity contribution >= 4 is 5.91 Å². The Balaban J connectivity index is 2.03. The Kier molecular flexibility index (Phi) is 5.31. The molecule has 2 aromatic rings. The van der Waals surface area contributed by atoms with E-state index in [4.69, 9.17) is 0 Å². The van der Waals surface area contributed by atoms with Gasteiger partial charge in [0.2, 0.25) is 0 Å². The predicted molar refractivity (Wildman–Crippen MR) is 87.4 cm³/mol. The van der Waals surface area contributed by atoms with E-state index in [1.54, 1.807) is 16.9 Å². The number of hydrogen-bond acceptors (Lipinski definition) is 4. The second-order valence-electron chi connectivity index (χ2n) is 6.25. The lowest BCUT2D eigenvalue weighted by Crippen LogP contribution is -2.32. The maximum absolute atomic E-state index is 12.2. The monoisotopic (exact) mass is 317 g/mol. The van der Waals surface area contributed by atoms with Crippen LogP contribution in [0.4, 0.5) is 0 Å². The van der Waals surface area contributed by atoms with Crippen molar-refractivity contribution in [2.24, 2.45) is 5.92 Å². The van der Waals surface area contributed by atoms with E-state index >= 15 is 0 Å². The molecule has 0 saturated heterocycles. The van der Waals surface area contributed by atoms with Gasteiger partial charge in [0.1, 0.15) is 5.69 Å². The molecule has 0 spiro atoms. The first-order valence-corrected chi connectivity index (χ1v) is 7.74. The van der Waals surface area contributed by atoms with Crippen LogP contribution < -0.4 is 11.0 Å². The van der Waals surface area contributed by atoms with E-state index in [0.717, 1.165) is 11.3 Å². The van der Waals surface area contributed by atoms with Gasteiger partial charge in [0.25, 0.3) is 5.91 Å². The molecule has 1 atom stereocenters. The van der Waals surface area contributed by atoms with Crippen molar-refractivity contribution in [1.82, 2.24) is 25.1 Å². The third kappa shape index (κ3) is 4.77. The van der Waals surface area contributed by atoms with Gasteiger partial charge in [-0.15, -0.1) is 0 Å². The zero-order valence-corrected chi connectivity index (χ0v) is 14.0. The van der Waals surface area contributed by atoms with Gasteiger partial charge < -0.3 is 10.3 Å². The number of nitrogens with one attached hydrogen (secondary N) is 2. The quantitative estimate of drug-likeness (QED) is 0.843. The molecule has 2 N–H and O–H groups in total. The summed E-state index contributed by atoms with van der Waals surface area (Å²) in [6.07, 6.45) is 4.39. The van der Waals surface area contributed by atoms with Gasteiger partial charge in [-0.05, 0) is 37.8 Å². The number of aryl methyl sites for hydroxylation is 1. The lowest BCUT2D eigenvalue weighted by molar-refractivity contribution is 0.0942. The average molecular weight is 317 g/mol. The molecule has 23 heavy (non-hydrogen) atoms. The highest BCUT2D eigenvalue weighted by atomic mass is 16.2. The molecule has 124 valence electrons. The summed E-state index contributed by atoms with van der Waals surface area (Å²) >= 11 is 0. The Morgan fingerprint density at radius 2 is 2.13 bits per heavy atom. The van der Waals surface area contributed by atoms with Gasteiger partial charge in [0.05, 0.1) is 12.2 Å². The lowest BCUT2D eigenvalue weighted by Gasteiger charge is -2.13. The summed E-state index contributed by atoms with van der Waals surface area (Å²) < 4.78 is 1.80. The van der Waals surface area contributed by atoms with Crippen LogP contribution in [0.2, 0.25) is 0 Å². The van der Waals surface area contributed by atoms with E-state index in [-0.39, 0.29) is 17.6 Å². The summed E-state index contributed by atoms with van der Waals surface area (Å²) in [5, 5.41) is 7.02. The second kappa shape index (κ2) is 7.21. The molecule has 0 radical (unpaired) electrons. The van der Waals surface area contributed by atoms with Gasteiger partial charge in [-0.2, -0.15) is 10.1 Å². The number of aromatic nitrogens is 4. The molecule has 2 aromatic heterocycles. The molecule has 7 heteroatoms. The van der Waals surface area contributed by atoms with Crippen molar-refractivity contribution in [3.05, 3.63) is 45.9 Å². The SMILES string of the molecule is Cc1cnn(C(C)CNC(=O)c2cc(CC(C)C)[nH]c(=O)n2)c1. The first-order chi connectivity index (χ1) is 10.8. The van der Waals surface area contributed by atoms with Gasteiger partial charge >= 0.3 is 5.69 Å². The predicted octanol–water partition coefficient (Wildman–Crippen LogP) is 1.46. The van der Waals surface area contributed by atoms with Gasteiger partial charge in [-0.1, -0.05) is 13.8 Å². The minimum atomic E-state index is -0.496. The Bertz CT molecular complexity index is 732. The van der Waals surface area contributed by atoms with Crippen LogP contribution in [0.5, 0.6) is 0 Å². The van der Waals surface area contributed by atoms with E-state index in [9.17, 15) is 9.59 Å². The van der Waals surface area contributed by atoms with E-state index in [2.05, 4.69) is 20.4 Å². The normalized spacial score (nSPS) is 12.4. The first-order valence-electron chi connectivity index (χ1n) is 7.74. The van der Waals surface area contributed by atoms with Crippen molar-refractivity contribution < 1.29 is 4.79 Å². The number of aromatic amines is 1. The van der Waals surface area contributed by atoms with Crippen LogP contribution in [0.1, 0.15) is 48.6 Å². The van der Waals surface area contributed by atoms with Crippen LogP contribution in [0, 0.1) is 12.8 Å². The van der Waals surface area contributed by atoms with E-state index in [1.807, 2.05) is 33.9 Å². The Morgan fingerprint density at radius 3 is 2.74 bits per heavy atom. The highest BCUT2D eigenvalue weighted by molar-refractivity contribution is 5.92. The third-order valence-corrected chi connectivity index (χ3v) is 3.40. The number of carbonyl (C=O) groups excluding carboxylic acids is 1. The topological polar surface area (TPSA) is 92.7 Å². The molecule has 0 aliphatic rings. The number of hydrogen-bond donors (Lipinski definition) is 2. The van der Waals surface area contributed by atoms with Crippen LogP contribution in [-0.2, 0) is 6.42 Å². The fraction of sp³-hybridized carbons (Fsp3) is 0.500. The summed E-state index contributed by atoms with van der Waals surface area (Å²) in [6, 6.07) is 1.66. The number of carbonyl (C=O) groups is 1. The zero-order chi connectivity index (χ0) is 17.0. The van der Waals surface area contributed by atoms with Gasteiger partial charge in [-0.3, -0.25) is 9.48 Å². The van der Waals surface area contributed by atoms with Crippen molar-refractivity contribution in [2.75, 3.05) is 6.54 Å². The molecule has 0 aromatic carbocycles. The van der Waals surface area contributed by atoms with Crippen molar-refractivity contribution in [1.29, 1.82) is 0 Å². The van der Waals surface area contributed by atoms with Crippen LogP contribution in [0.15, 0.2) is 23.3 Å². The molecule has 2 rings (SSSR count). The molecule has 0 saturated carbocycles. The maximum Gasteiger partial charge on any atom is 0.345 e. The molecule has 1 amide bonds.